The van der Waals surface area contributed by atoms with Crippen LogP contribution in [0.3, 0.4) is 0 Å². The van der Waals surface area contributed by atoms with Gasteiger partial charge in [-0.05, 0) is 48.1 Å². The minimum atomic E-state index is -0.394. The van der Waals surface area contributed by atoms with Crippen LogP contribution < -0.4 is 0 Å². The molecule has 0 N–H and O–H groups in total. The summed E-state index contributed by atoms with van der Waals surface area (Å²) in [5.74, 6) is -0.611. The third-order valence-corrected chi connectivity index (χ3v) is 4.65. The van der Waals surface area contributed by atoms with Gasteiger partial charge in [0.25, 0.3) is 0 Å². The first-order valence-corrected chi connectivity index (χ1v) is 9.10. The summed E-state index contributed by atoms with van der Waals surface area (Å²) in [5.41, 5.74) is 5.58. The Kier molecular flexibility index (Phi) is 5.61. The third kappa shape index (κ3) is 3.90. The van der Waals surface area contributed by atoms with Gasteiger partial charge in [-0.2, -0.15) is 0 Å². The van der Waals surface area contributed by atoms with Gasteiger partial charge in [0.1, 0.15) is 5.71 Å². The Morgan fingerprint density at radius 1 is 1.04 bits per heavy atom. The molecule has 0 aliphatic heterocycles. The van der Waals surface area contributed by atoms with Crippen molar-refractivity contribution in [2.24, 2.45) is 5.16 Å². The molecule has 26 heavy (non-hydrogen) atoms. The molecular weight excluding hydrogens is 326 g/mol. The van der Waals surface area contributed by atoms with Gasteiger partial charge in [0.2, 0.25) is 5.78 Å². The second-order valence-electron chi connectivity index (χ2n) is 6.63. The highest BCUT2D eigenvalue weighted by Crippen LogP contribution is 2.36. The minimum absolute atomic E-state index is 0.185. The van der Waals surface area contributed by atoms with Crippen LogP contribution in [0.25, 0.3) is 11.1 Å². The molecule has 3 rings (SSSR count). The fourth-order valence-corrected chi connectivity index (χ4v) is 3.22. The van der Waals surface area contributed by atoms with E-state index < -0.39 is 5.97 Å². The normalized spacial score (nSPS) is 12.5. The molecule has 0 heterocycles. The smallest absolute Gasteiger partial charge is 0.318 e. The molecule has 1 aliphatic rings. The maximum Gasteiger partial charge on any atom is 0.335 e. The molecular formula is C22H23NO3. The quantitative estimate of drug-likeness (QED) is 0.200. The molecule has 0 bridgehead atoms. The van der Waals surface area contributed by atoms with E-state index in [1.807, 2.05) is 30.3 Å². The summed E-state index contributed by atoms with van der Waals surface area (Å²) in [4.78, 5) is 29.1. The summed E-state index contributed by atoms with van der Waals surface area (Å²) < 4.78 is 0. The monoisotopic (exact) mass is 349 g/mol. The van der Waals surface area contributed by atoms with Gasteiger partial charge in [0.15, 0.2) is 0 Å². The van der Waals surface area contributed by atoms with E-state index in [1.54, 1.807) is 6.92 Å². The Balaban J connectivity index is 1.68. The molecule has 0 spiro atoms. The predicted molar refractivity (Wildman–Crippen MR) is 102 cm³/mol. The Morgan fingerprint density at radius 2 is 1.81 bits per heavy atom. The first-order chi connectivity index (χ1) is 12.6. The molecule has 0 radical (unpaired) electrons. The van der Waals surface area contributed by atoms with Gasteiger partial charge in [0, 0.05) is 12.0 Å². The van der Waals surface area contributed by atoms with Crippen molar-refractivity contribution < 1.29 is 14.4 Å². The first kappa shape index (κ1) is 18.1. The van der Waals surface area contributed by atoms with Crippen molar-refractivity contribution in [3.8, 4) is 11.1 Å². The maximum absolute atomic E-state index is 12.6. The standard InChI is InChI=1S/C22H23NO3/c1-3-4-5-10-21(24)26-23-15(2)22(25)17-11-12-20-18(14-17)13-16-8-6-7-9-19(16)20/h6-9,11-12,14H,3-5,10,13H2,1-2H3/b23-15-. The van der Waals surface area contributed by atoms with Crippen molar-refractivity contribution >= 4 is 17.5 Å². The van der Waals surface area contributed by atoms with Gasteiger partial charge in [-0.25, -0.2) is 4.79 Å². The molecule has 0 saturated carbocycles. The van der Waals surface area contributed by atoms with E-state index in [2.05, 4.69) is 24.2 Å². The fraction of sp³-hybridized carbons (Fsp3) is 0.318. The lowest BCUT2D eigenvalue weighted by atomic mass is 10.0. The Labute approximate surface area is 153 Å². The number of ketones is 1. The van der Waals surface area contributed by atoms with Crippen LogP contribution in [0.4, 0.5) is 0 Å². The molecule has 0 atom stereocenters. The number of carbonyl (C=O) groups is 2. The number of nitrogens with zero attached hydrogens (tertiary/aromatic N) is 1. The van der Waals surface area contributed by atoms with Crippen LogP contribution >= 0.6 is 0 Å². The van der Waals surface area contributed by atoms with Gasteiger partial charge in [-0.1, -0.05) is 61.3 Å². The topological polar surface area (TPSA) is 55.7 Å². The summed E-state index contributed by atoms with van der Waals surface area (Å²) in [7, 11) is 0. The molecule has 0 aromatic heterocycles. The van der Waals surface area contributed by atoms with Crippen molar-refractivity contribution in [2.45, 2.75) is 46.0 Å². The molecule has 134 valence electrons. The number of benzene rings is 2. The SMILES string of the molecule is CCCCCC(=O)O/N=C(/C)C(=O)c1ccc2c(c1)Cc1ccccc1-2. The summed E-state index contributed by atoms with van der Waals surface area (Å²) in [6.45, 7) is 3.64. The molecule has 1 aliphatic carbocycles. The van der Waals surface area contributed by atoms with Crippen LogP contribution in [-0.2, 0) is 16.1 Å². The number of hydrogen-bond acceptors (Lipinski definition) is 4. The Hall–Kier alpha value is -2.75. The summed E-state index contributed by atoms with van der Waals surface area (Å²) in [5, 5.41) is 3.73. The number of rotatable bonds is 7. The van der Waals surface area contributed by atoms with Crippen molar-refractivity contribution in [1.82, 2.24) is 0 Å². The van der Waals surface area contributed by atoms with Gasteiger partial charge in [0.05, 0.1) is 0 Å². The van der Waals surface area contributed by atoms with Gasteiger partial charge in [-0.3, -0.25) is 4.79 Å². The number of unbranched alkanes of at least 4 members (excludes halogenated alkanes) is 2. The van der Waals surface area contributed by atoms with Crippen LogP contribution in [0, 0.1) is 0 Å². The second-order valence-corrected chi connectivity index (χ2v) is 6.63. The van der Waals surface area contributed by atoms with Crippen LogP contribution in [0.2, 0.25) is 0 Å². The third-order valence-electron chi connectivity index (χ3n) is 4.65. The van der Waals surface area contributed by atoms with E-state index in [4.69, 9.17) is 4.84 Å². The summed E-state index contributed by atoms with van der Waals surface area (Å²) in [6, 6.07) is 14.0. The number of hydrogen-bond donors (Lipinski definition) is 0. The van der Waals surface area contributed by atoms with Crippen molar-refractivity contribution in [1.29, 1.82) is 0 Å². The highest BCUT2D eigenvalue weighted by Gasteiger charge is 2.20. The maximum atomic E-state index is 12.6. The summed E-state index contributed by atoms with van der Waals surface area (Å²) in [6.07, 6.45) is 3.96. The van der Waals surface area contributed by atoms with Gasteiger partial charge < -0.3 is 4.84 Å². The zero-order chi connectivity index (χ0) is 18.5. The largest absolute Gasteiger partial charge is 0.335 e. The van der Waals surface area contributed by atoms with Crippen LogP contribution in [0.15, 0.2) is 47.6 Å². The van der Waals surface area contributed by atoms with Crippen LogP contribution in [0.5, 0.6) is 0 Å². The Morgan fingerprint density at radius 3 is 2.62 bits per heavy atom. The average Bonchev–Trinajstić information content (AvgIpc) is 3.03. The molecule has 2 aromatic carbocycles. The molecule has 0 fully saturated rings. The lowest BCUT2D eigenvalue weighted by Crippen LogP contribution is -2.13. The number of fused-ring (bicyclic) bond motifs is 3. The highest BCUT2D eigenvalue weighted by molar-refractivity contribution is 6.45. The number of Topliss-reactive ketones (excluding diaryl/α,β-unsaturated/α-hetero) is 1. The van der Waals surface area contributed by atoms with E-state index in [9.17, 15) is 9.59 Å². The molecule has 0 saturated heterocycles. The first-order valence-electron chi connectivity index (χ1n) is 9.10. The van der Waals surface area contributed by atoms with Crippen molar-refractivity contribution in [2.75, 3.05) is 0 Å². The van der Waals surface area contributed by atoms with Gasteiger partial charge in [-0.15, -0.1) is 0 Å². The highest BCUT2D eigenvalue weighted by atomic mass is 16.7. The molecule has 0 amide bonds. The van der Waals surface area contributed by atoms with Crippen LogP contribution in [-0.4, -0.2) is 17.5 Å². The predicted octanol–water partition coefficient (Wildman–Crippen LogP) is 4.94. The fourth-order valence-electron chi connectivity index (χ4n) is 3.22. The molecule has 2 aromatic rings. The molecule has 4 heteroatoms. The van der Waals surface area contributed by atoms with E-state index in [1.165, 1.54) is 16.7 Å². The average molecular weight is 349 g/mol. The van der Waals surface area contributed by atoms with Gasteiger partial charge >= 0.3 is 5.97 Å². The molecule has 4 nitrogen and oxygen atoms in total. The lowest BCUT2D eigenvalue weighted by Gasteiger charge is -2.05. The number of carbonyl (C=O) groups excluding carboxylic acids is 2. The minimum Gasteiger partial charge on any atom is -0.318 e. The zero-order valence-corrected chi connectivity index (χ0v) is 15.2. The second kappa shape index (κ2) is 8.09. The van der Waals surface area contributed by atoms with Crippen molar-refractivity contribution in [3.05, 3.63) is 59.2 Å². The molecule has 0 unspecified atom stereocenters. The Bertz CT molecular complexity index is 867. The number of oxime groups is 1. The summed E-state index contributed by atoms with van der Waals surface area (Å²) >= 11 is 0. The van der Waals surface area contributed by atoms with E-state index >= 15 is 0 Å². The van der Waals surface area contributed by atoms with E-state index in [0.29, 0.717) is 12.0 Å². The van der Waals surface area contributed by atoms with E-state index in [-0.39, 0.29) is 11.5 Å². The van der Waals surface area contributed by atoms with E-state index in [0.717, 1.165) is 31.2 Å². The zero-order valence-electron chi connectivity index (χ0n) is 15.2. The lowest BCUT2D eigenvalue weighted by molar-refractivity contribution is -0.143. The van der Waals surface area contributed by atoms with Crippen molar-refractivity contribution in [3.63, 3.8) is 0 Å². The van der Waals surface area contributed by atoms with Crippen LogP contribution in [0.1, 0.15) is 61.0 Å².